The van der Waals surface area contributed by atoms with Crippen molar-refractivity contribution in [2.75, 3.05) is 0 Å². The standard InChI is InChI=1S/C15H16N4O2/c1-9-2-5-12-11(8-9)17-14(21-12)15(6-7-16-19-15)18-13(20)10-3-4-10/h2,5-8,10,16,19H,3-4H2,1H3,(H,18,20). The highest BCUT2D eigenvalue weighted by atomic mass is 16.4. The van der Waals surface area contributed by atoms with E-state index < -0.39 is 5.66 Å². The van der Waals surface area contributed by atoms with Crippen LogP contribution in [-0.2, 0) is 10.5 Å². The van der Waals surface area contributed by atoms with E-state index in [0.29, 0.717) is 11.5 Å². The first-order chi connectivity index (χ1) is 10.2. The van der Waals surface area contributed by atoms with E-state index in [-0.39, 0.29) is 11.8 Å². The van der Waals surface area contributed by atoms with Gasteiger partial charge in [-0.25, -0.2) is 10.4 Å². The van der Waals surface area contributed by atoms with Crippen molar-refractivity contribution < 1.29 is 9.21 Å². The molecular formula is C15H16N4O2. The number of oxazole rings is 1. The van der Waals surface area contributed by atoms with Gasteiger partial charge in [-0.15, -0.1) is 0 Å². The van der Waals surface area contributed by atoms with Crippen molar-refractivity contribution in [3.63, 3.8) is 0 Å². The first-order valence-electron chi connectivity index (χ1n) is 7.06. The van der Waals surface area contributed by atoms with Crippen LogP contribution in [0.3, 0.4) is 0 Å². The summed E-state index contributed by atoms with van der Waals surface area (Å²) in [7, 11) is 0. The van der Waals surface area contributed by atoms with Gasteiger partial charge in [-0.3, -0.25) is 4.79 Å². The average Bonchev–Trinajstić information content (AvgIpc) is 3.07. The Balaban J connectivity index is 1.74. The third-order valence-corrected chi connectivity index (χ3v) is 3.83. The van der Waals surface area contributed by atoms with Crippen molar-refractivity contribution in [2.45, 2.75) is 25.4 Å². The Bertz CT molecular complexity index is 747. The Hall–Kier alpha value is -2.34. The zero-order valence-corrected chi connectivity index (χ0v) is 11.6. The zero-order chi connectivity index (χ0) is 14.4. The normalized spacial score (nSPS) is 24.2. The molecule has 1 aliphatic heterocycles. The van der Waals surface area contributed by atoms with Crippen molar-refractivity contribution >= 4 is 17.0 Å². The van der Waals surface area contributed by atoms with Crippen molar-refractivity contribution in [3.05, 3.63) is 41.9 Å². The van der Waals surface area contributed by atoms with E-state index in [2.05, 4.69) is 21.2 Å². The van der Waals surface area contributed by atoms with Crippen LogP contribution in [0.4, 0.5) is 0 Å². The highest BCUT2D eigenvalue weighted by Gasteiger charge is 2.42. The van der Waals surface area contributed by atoms with E-state index in [1.54, 1.807) is 6.20 Å². The minimum Gasteiger partial charge on any atom is -0.436 e. The molecule has 1 aliphatic carbocycles. The molecule has 2 heterocycles. The second kappa shape index (κ2) is 4.33. The van der Waals surface area contributed by atoms with Gasteiger partial charge in [0, 0.05) is 12.1 Å². The third kappa shape index (κ3) is 2.08. The van der Waals surface area contributed by atoms with Crippen LogP contribution in [0, 0.1) is 12.8 Å². The number of benzene rings is 1. The van der Waals surface area contributed by atoms with Gasteiger partial charge in [0.2, 0.25) is 17.5 Å². The highest BCUT2D eigenvalue weighted by Crippen LogP contribution is 2.32. The zero-order valence-electron chi connectivity index (χ0n) is 11.6. The summed E-state index contributed by atoms with van der Waals surface area (Å²) >= 11 is 0. The minimum atomic E-state index is -0.924. The Morgan fingerprint density at radius 1 is 1.48 bits per heavy atom. The lowest BCUT2D eigenvalue weighted by Crippen LogP contribution is -2.55. The predicted molar refractivity (Wildman–Crippen MR) is 76.7 cm³/mol. The first kappa shape index (κ1) is 12.4. The summed E-state index contributed by atoms with van der Waals surface area (Å²) in [6.07, 6.45) is 5.44. The van der Waals surface area contributed by atoms with Gasteiger partial charge in [-0.2, -0.15) is 0 Å². The molecule has 1 fully saturated rings. The Morgan fingerprint density at radius 2 is 2.33 bits per heavy atom. The lowest BCUT2D eigenvalue weighted by atomic mass is 10.1. The Labute approximate surface area is 121 Å². The summed E-state index contributed by atoms with van der Waals surface area (Å²) in [6, 6.07) is 5.83. The van der Waals surface area contributed by atoms with Crippen LogP contribution in [0.15, 0.2) is 34.9 Å². The molecular weight excluding hydrogens is 268 g/mol. The van der Waals surface area contributed by atoms with Crippen molar-refractivity contribution in [1.82, 2.24) is 21.2 Å². The molecule has 0 saturated heterocycles. The maximum Gasteiger partial charge on any atom is 0.242 e. The summed E-state index contributed by atoms with van der Waals surface area (Å²) in [5.74, 6) is 0.567. The fraction of sp³-hybridized carbons (Fsp3) is 0.333. The minimum absolute atomic E-state index is 0.0225. The van der Waals surface area contributed by atoms with E-state index in [4.69, 9.17) is 4.42 Å². The van der Waals surface area contributed by atoms with E-state index in [1.165, 1.54) is 0 Å². The molecule has 2 aromatic rings. The van der Waals surface area contributed by atoms with Crippen LogP contribution in [0.1, 0.15) is 24.3 Å². The van der Waals surface area contributed by atoms with E-state index >= 15 is 0 Å². The summed E-state index contributed by atoms with van der Waals surface area (Å²) in [6.45, 7) is 2.01. The predicted octanol–water partition coefficient (Wildman–Crippen LogP) is 1.44. The van der Waals surface area contributed by atoms with Gasteiger partial charge in [-0.05, 0) is 43.5 Å². The number of nitrogens with one attached hydrogen (secondary N) is 3. The molecule has 0 spiro atoms. The number of hydrazine groups is 1. The Kier molecular flexibility index (Phi) is 2.56. The average molecular weight is 284 g/mol. The molecule has 1 aromatic carbocycles. The number of hydrogen-bond donors (Lipinski definition) is 3. The first-order valence-corrected chi connectivity index (χ1v) is 7.06. The van der Waals surface area contributed by atoms with Crippen LogP contribution >= 0.6 is 0 Å². The molecule has 0 radical (unpaired) electrons. The van der Waals surface area contributed by atoms with Gasteiger partial charge in [0.05, 0.1) is 0 Å². The fourth-order valence-electron chi connectivity index (χ4n) is 2.46. The molecule has 1 atom stereocenters. The lowest BCUT2D eigenvalue weighted by Gasteiger charge is -2.25. The summed E-state index contributed by atoms with van der Waals surface area (Å²) in [4.78, 5) is 16.7. The molecule has 3 N–H and O–H groups in total. The molecule has 0 bridgehead atoms. The van der Waals surface area contributed by atoms with Gasteiger partial charge < -0.3 is 15.2 Å². The van der Waals surface area contributed by atoms with Gasteiger partial charge in [-0.1, -0.05) is 6.07 Å². The van der Waals surface area contributed by atoms with Gasteiger partial charge in [0.15, 0.2) is 5.58 Å². The topological polar surface area (TPSA) is 79.2 Å². The number of aryl methyl sites for hydroxylation is 1. The van der Waals surface area contributed by atoms with Gasteiger partial charge in [0.25, 0.3) is 0 Å². The van der Waals surface area contributed by atoms with Crippen molar-refractivity contribution in [3.8, 4) is 0 Å². The number of amides is 1. The van der Waals surface area contributed by atoms with E-state index in [0.717, 1.165) is 23.9 Å². The van der Waals surface area contributed by atoms with Crippen LogP contribution in [0.25, 0.3) is 11.1 Å². The fourth-order valence-corrected chi connectivity index (χ4v) is 2.46. The smallest absolute Gasteiger partial charge is 0.242 e. The third-order valence-electron chi connectivity index (χ3n) is 3.83. The molecule has 1 saturated carbocycles. The number of carbonyl (C=O) groups excluding carboxylic acids is 1. The maximum atomic E-state index is 12.1. The molecule has 21 heavy (non-hydrogen) atoms. The second-order valence-corrected chi connectivity index (χ2v) is 5.66. The molecule has 108 valence electrons. The molecule has 1 aromatic heterocycles. The lowest BCUT2D eigenvalue weighted by molar-refractivity contribution is -0.124. The number of fused-ring (bicyclic) bond motifs is 1. The monoisotopic (exact) mass is 284 g/mol. The van der Waals surface area contributed by atoms with E-state index in [1.807, 2.05) is 31.2 Å². The van der Waals surface area contributed by atoms with Crippen LogP contribution in [-0.4, -0.2) is 10.9 Å². The summed E-state index contributed by atoms with van der Waals surface area (Å²) in [5, 5.41) is 2.99. The maximum absolute atomic E-state index is 12.1. The quantitative estimate of drug-likeness (QED) is 0.795. The second-order valence-electron chi connectivity index (χ2n) is 5.66. The van der Waals surface area contributed by atoms with E-state index in [9.17, 15) is 4.79 Å². The van der Waals surface area contributed by atoms with Gasteiger partial charge >= 0.3 is 0 Å². The van der Waals surface area contributed by atoms with Crippen molar-refractivity contribution in [2.24, 2.45) is 5.92 Å². The Morgan fingerprint density at radius 3 is 3.05 bits per heavy atom. The number of nitrogens with zero attached hydrogens (tertiary/aromatic N) is 1. The van der Waals surface area contributed by atoms with Crippen molar-refractivity contribution in [1.29, 1.82) is 0 Å². The van der Waals surface area contributed by atoms with Gasteiger partial charge in [0.1, 0.15) is 5.52 Å². The molecule has 1 amide bonds. The molecule has 1 unspecified atom stereocenters. The molecule has 2 aliphatic rings. The number of rotatable bonds is 3. The summed E-state index contributed by atoms with van der Waals surface area (Å²) in [5.41, 5.74) is 7.60. The van der Waals surface area contributed by atoms with Crippen LogP contribution in [0.5, 0.6) is 0 Å². The molecule has 6 nitrogen and oxygen atoms in total. The number of aromatic nitrogens is 1. The highest BCUT2D eigenvalue weighted by molar-refractivity contribution is 5.82. The number of hydrogen-bond acceptors (Lipinski definition) is 5. The summed E-state index contributed by atoms with van der Waals surface area (Å²) < 4.78 is 5.83. The largest absolute Gasteiger partial charge is 0.436 e. The molecule has 4 rings (SSSR count). The number of carbonyl (C=O) groups is 1. The van der Waals surface area contributed by atoms with Crippen LogP contribution in [0.2, 0.25) is 0 Å². The van der Waals surface area contributed by atoms with Crippen LogP contribution < -0.4 is 16.2 Å². The SMILES string of the molecule is Cc1ccc2oc(C3(NC(=O)C4CC4)C=CNN3)nc2c1. The molecule has 6 heteroatoms.